The van der Waals surface area contributed by atoms with Crippen molar-refractivity contribution in [2.45, 2.75) is 57.2 Å². The summed E-state index contributed by atoms with van der Waals surface area (Å²) in [5, 5.41) is 3.21. The number of amides is 1. The van der Waals surface area contributed by atoms with Crippen molar-refractivity contribution in [3.63, 3.8) is 0 Å². The Morgan fingerprint density at radius 3 is 2.15 bits per heavy atom. The maximum absolute atomic E-state index is 13.4. The molecule has 0 saturated heterocycles. The van der Waals surface area contributed by atoms with Gasteiger partial charge in [-0.1, -0.05) is 97.1 Å². The summed E-state index contributed by atoms with van der Waals surface area (Å²) < 4.78 is 0. The van der Waals surface area contributed by atoms with Gasteiger partial charge in [0.25, 0.3) is 0 Å². The SMILES string of the molecule is CNCc1ccc([C@H]2CC[C@H](N(Cc3ccccc3)C(=O)CC=Cc3ccccc3)CC2)cc1. The van der Waals surface area contributed by atoms with Crippen LogP contribution in [0.25, 0.3) is 6.08 Å². The molecular formula is C31H36N2O. The van der Waals surface area contributed by atoms with Crippen LogP contribution >= 0.6 is 0 Å². The van der Waals surface area contributed by atoms with E-state index < -0.39 is 0 Å². The maximum Gasteiger partial charge on any atom is 0.226 e. The van der Waals surface area contributed by atoms with Gasteiger partial charge < -0.3 is 10.2 Å². The Morgan fingerprint density at radius 1 is 0.853 bits per heavy atom. The molecule has 4 rings (SSSR count). The van der Waals surface area contributed by atoms with Gasteiger partial charge >= 0.3 is 0 Å². The topological polar surface area (TPSA) is 32.3 Å². The van der Waals surface area contributed by atoms with Gasteiger partial charge in [0.05, 0.1) is 0 Å². The number of carbonyl (C=O) groups is 1. The molecule has 1 aliphatic rings. The summed E-state index contributed by atoms with van der Waals surface area (Å²) in [5.74, 6) is 0.808. The summed E-state index contributed by atoms with van der Waals surface area (Å²) in [5.41, 5.74) is 5.09. The summed E-state index contributed by atoms with van der Waals surface area (Å²) in [7, 11) is 1.98. The number of benzene rings is 3. The van der Waals surface area contributed by atoms with E-state index in [1.807, 2.05) is 43.5 Å². The molecule has 0 spiro atoms. The molecule has 1 saturated carbocycles. The van der Waals surface area contributed by atoms with Crippen LogP contribution in [0.2, 0.25) is 0 Å². The van der Waals surface area contributed by atoms with Gasteiger partial charge in [0, 0.05) is 25.6 Å². The Morgan fingerprint density at radius 2 is 1.50 bits per heavy atom. The molecule has 3 heteroatoms. The lowest BCUT2D eigenvalue weighted by molar-refractivity contribution is -0.134. The van der Waals surface area contributed by atoms with Crippen molar-refractivity contribution in [2.24, 2.45) is 0 Å². The van der Waals surface area contributed by atoms with Gasteiger partial charge in [-0.3, -0.25) is 4.79 Å². The molecule has 3 aromatic rings. The van der Waals surface area contributed by atoms with E-state index in [4.69, 9.17) is 0 Å². The van der Waals surface area contributed by atoms with Gasteiger partial charge in [-0.15, -0.1) is 0 Å². The van der Waals surface area contributed by atoms with Gasteiger partial charge in [0.15, 0.2) is 0 Å². The molecule has 0 atom stereocenters. The molecule has 1 N–H and O–H groups in total. The Kier molecular flexibility index (Phi) is 8.70. The van der Waals surface area contributed by atoms with E-state index in [1.165, 1.54) is 16.7 Å². The minimum Gasteiger partial charge on any atom is -0.335 e. The smallest absolute Gasteiger partial charge is 0.226 e. The Bertz CT molecular complexity index is 1040. The van der Waals surface area contributed by atoms with Crippen LogP contribution in [0.4, 0.5) is 0 Å². The van der Waals surface area contributed by atoms with Crippen molar-refractivity contribution < 1.29 is 4.79 Å². The van der Waals surface area contributed by atoms with Crippen molar-refractivity contribution in [3.05, 3.63) is 113 Å². The fourth-order valence-corrected chi connectivity index (χ4v) is 5.01. The van der Waals surface area contributed by atoms with Crippen LogP contribution in [0, 0.1) is 0 Å². The monoisotopic (exact) mass is 452 g/mol. The summed E-state index contributed by atoms with van der Waals surface area (Å²) >= 11 is 0. The zero-order valence-electron chi connectivity index (χ0n) is 20.2. The first-order chi connectivity index (χ1) is 16.7. The molecule has 1 amide bonds. The van der Waals surface area contributed by atoms with Gasteiger partial charge in [-0.25, -0.2) is 0 Å². The average molecular weight is 453 g/mol. The van der Waals surface area contributed by atoms with Crippen molar-refractivity contribution in [3.8, 4) is 0 Å². The molecule has 0 radical (unpaired) electrons. The van der Waals surface area contributed by atoms with Crippen LogP contribution in [0.15, 0.2) is 91.0 Å². The Balaban J connectivity index is 1.40. The lowest BCUT2D eigenvalue weighted by atomic mass is 9.81. The lowest BCUT2D eigenvalue weighted by Crippen LogP contribution is -2.41. The molecule has 0 heterocycles. The maximum atomic E-state index is 13.4. The molecule has 3 aromatic carbocycles. The molecular weight excluding hydrogens is 416 g/mol. The van der Waals surface area contributed by atoms with Crippen molar-refractivity contribution in [1.82, 2.24) is 10.2 Å². The van der Waals surface area contributed by atoms with Crippen molar-refractivity contribution in [2.75, 3.05) is 7.05 Å². The summed E-state index contributed by atoms with van der Waals surface area (Å²) in [6, 6.07) is 29.9. The van der Waals surface area contributed by atoms with Crippen LogP contribution in [0.5, 0.6) is 0 Å². The number of nitrogens with zero attached hydrogens (tertiary/aromatic N) is 1. The molecule has 1 fully saturated rings. The zero-order chi connectivity index (χ0) is 23.6. The molecule has 0 aliphatic heterocycles. The third-order valence-corrected chi connectivity index (χ3v) is 6.89. The first-order valence-corrected chi connectivity index (χ1v) is 12.5. The fraction of sp³-hybridized carbons (Fsp3) is 0.323. The highest BCUT2D eigenvalue weighted by Crippen LogP contribution is 2.35. The molecule has 0 bridgehead atoms. The second-order valence-corrected chi connectivity index (χ2v) is 9.30. The Labute approximate surface area is 204 Å². The number of hydrogen-bond acceptors (Lipinski definition) is 2. The summed E-state index contributed by atoms with van der Waals surface area (Å²) in [6.45, 7) is 1.59. The highest BCUT2D eigenvalue weighted by molar-refractivity contribution is 5.79. The highest BCUT2D eigenvalue weighted by atomic mass is 16.2. The van der Waals surface area contributed by atoms with Crippen LogP contribution < -0.4 is 5.32 Å². The minimum atomic E-state index is 0.218. The van der Waals surface area contributed by atoms with Gasteiger partial charge in [-0.05, 0) is 60.9 Å². The van der Waals surface area contributed by atoms with E-state index in [0.29, 0.717) is 24.9 Å². The average Bonchev–Trinajstić information content (AvgIpc) is 2.89. The molecule has 176 valence electrons. The minimum absolute atomic E-state index is 0.218. The molecule has 0 aromatic heterocycles. The largest absolute Gasteiger partial charge is 0.335 e. The van der Waals surface area contributed by atoms with Gasteiger partial charge in [0.2, 0.25) is 5.91 Å². The van der Waals surface area contributed by atoms with Crippen molar-refractivity contribution in [1.29, 1.82) is 0 Å². The molecule has 34 heavy (non-hydrogen) atoms. The van der Waals surface area contributed by atoms with Crippen LogP contribution in [0.3, 0.4) is 0 Å². The first kappa shape index (κ1) is 24.0. The van der Waals surface area contributed by atoms with Crippen LogP contribution in [0.1, 0.15) is 60.3 Å². The second-order valence-electron chi connectivity index (χ2n) is 9.30. The van der Waals surface area contributed by atoms with E-state index in [-0.39, 0.29) is 5.91 Å². The fourth-order valence-electron chi connectivity index (χ4n) is 5.01. The van der Waals surface area contributed by atoms with Crippen LogP contribution in [-0.4, -0.2) is 23.9 Å². The van der Waals surface area contributed by atoms with E-state index in [9.17, 15) is 4.79 Å². The molecule has 1 aliphatic carbocycles. The summed E-state index contributed by atoms with van der Waals surface area (Å²) in [6.07, 6.45) is 8.88. The highest BCUT2D eigenvalue weighted by Gasteiger charge is 2.29. The lowest BCUT2D eigenvalue weighted by Gasteiger charge is -2.37. The zero-order valence-corrected chi connectivity index (χ0v) is 20.2. The molecule has 3 nitrogen and oxygen atoms in total. The van der Waals surface area contributed by atoms with E-state index in [1.54, 1.807) is 0 Å². The van der Waals surface area contributed by atoms with Gasteiger partial charge in [-0.2, -0.15) is 0 Å². The Hall–Kier alpha value is -3.17. The third kappa shape index (κ3) is 6.68. The number of nitrogens with one attached hydrogen (secondary N) is 1. The van der Waals surface area contributed by atoms with Crippen molar-refractivity contribution >= 4 is 12.0 Å². The second kappa shape index (κ2) is 12.3. The number of carbonyl (C=O) groups excluding carboxylic acids is 1. The van der Waals surface area contributed by atoms with Crippen LogP contribution in [-0.2, 0) is 17.9 Å². The molecule has 0 unspecified atom stereocenters. The number of hydrogen-bond donors (Lipinski definition) is 1. The third-order valence-electron chi connectivity index (χ3n) is 6.89. The summed E-state index contributed by atoms with van der Waals surface area (Å²) in [4.78, 5) is 15.5. The normalized spacial score (nSPS) is 18.1. The van der Waals surface area contributed by atoms with E-state index in [0.717, 1.165) is 37.8 Å². The predicted molar refractivity (Wildman–Crippen MR) is 141 cm³/mol. The number of rotatable bonds is 9. The van der Waals surface area contributed by atoms with E-state index >= 15 is 0 Å². The first-order valence-electron chi connectivity index (χ1n) is 12.5. The predicted octanol–water partition coefficient (Wildman–Crippen LogP) is 6.56. The standard InChI is InChI=1S/C31H36N2O/c1-32-23-26-15-17-28(18-16-26)29-19-21-30(22-20-29)33(24-27-11-6-3-7-12-27)31(34)14-8-13-25-9-4-2-5-10-25/h2-13,15-18,29-30,32H,14,19-24H2,1H3/t29-,30-. The van der Waals surface area contributed by atoms with Gasteiger partial charge in [0.1, 0.15) is 0 Å². The van der Waals surface area contributed by atoms with E-state index in [2.05, 4.69) is 70.9 Å². The quantitative estimate of drug-likeness (QED) is 0.398.